The van der Waals surface area contributed by atoms with Gasteiger partial charge in [-0.3, -0.25) is 9.89 Å². The number of nitrogens with zero attached hydrogens (tertiary/aromatic N) is 2. The summed E-state index contributed by atoms with van der Waals surface area (Å²) in [6, 6.07) is 6.34. The van der Waals surface area contributed by atoms with Crippen LogP contribution < -0.4 is 20.1 Å². The molecule has 0 saturated carbocycles. The Morgan fingerprint density at radius 1 is 1.27 bits per heavy atom. The van der Waals surface area contributed by atoms with E-state index in [1.807, 2.05) is 13.0 Å². The van der Waals surface area contributed by atoms with Crippen molar-refractivity contribution >= 4 is 29.9 Å². The molecule has 1 atom stereocenters. The lowest BCUT2D eigenvalue weighted by atomic mass is 10.2. The highest BCUT2D eigenvalue weighted by atomic mass is 127. The van der Waals surface area contributed by atoms with Gasteiger partial charge in [0.25, 0.3) is 0 Å². The van der Waals surface area contributed by atoms with Gasteiger partial charge in [0.1, 0.15) is 11.5 Å². The Morgan fingerprint density at radius 2 is 1.96 bits per heavy atom. The van der Waals surface area contributed by atoms with E-state index in [4.69, 9.17) is 14.6 Å². The van der Waals surface area contributed by atoms with Crippen LogP contribution in [-0.2, 0) is 6.54 Å². The van der Waals surface area contributed by atoms with Crippen molar-refractivity contribution in [2.45, 2.75) is 25.9 Å². The van der Waals surface area contributed by atoms with Crippen LogP contribution in [0.15, 0.2) is 23.2 Å². The van der Waals surface area contributed by atoms with Crippen LogP contribution in [0.3, 0.4) is 0 Å². The van der Waals surface area contributed by atoms with Gasteiger partial charge in [-0.2, -0.15) is 0 Å². The summed E-state index contributed by atoms with van der Waals surface area (Å²) in [4.78, 5) is 6.75. The van der Waals surface area contributed by atoms with E-state index in [2.05, 4.69) is 32.7 Å². The first-order chi connectivity index (χ1) is 12.2. The lowest BCUT2D eigenvalue weighted by molar-refractivity contribution is 0.306. The minimum atomic E-state index is 0. The summed E-state index contributed by atoms with van der Waals surface area (Å²) in [7, 11) is 3.34. The first-order valence-electron chi connectivity index (χ1n) is 8.78. The Morgan fingerprint density at radius 3 is 2.54 bits per heavy atom. The SMILES string of the molecule is CCNC(=NCCO)NC1CCN(Cc2cc(OC)cc(OC)c2)C1.I. The van der Waals surface area contributed by atoms with Crippen LogP contribution in [0.5, 0.6) is 11.5 Å². The van der Waals surface area contributed by atoms with Gasteiger partial charge in [0.15, 0.2) is 5.96 Å². The molecule has 2 rings (SSSR count). The second-order valence-electron chi connectivity index (χ2n) is 6.07. The molecule has 1 aromatic carbocycles. The van der Waals surface area contributed by atoms with Crippen LogP contribution in [0.4, 0.5) is 0 Å². The van der Waals surface area contributed by atoms with Gasteiger partial charge in [-0.05, 0) is 31.0 Å². The van der Waals surface area contributed by atoms with E-state index in [0.29, 0.717) is 12.6 Å². The molecule has 7 nitrogen and oxygen atoms in total. The van der Waals surface area contributed by atoms with Gasteiger partial charge in [0.05, 0.1) is 27.4 Å². The summed E-state index contributed by atoms with van der Waals surface area (Å²) in [6.45, 7) is 6.14. The number of aliphatic imine (C=N–C) groups is 1. The predicted octanol–water partition coefficient (Wildman–Crippen LogP) is 1.44. The molecule has 0 aromatic heterocycles. The Balaban J connectivity index is 0.00000338. The number of hydrogen-bond donors (Lipinski definition) is 3. The number of hydrogen-bond acceptors (Lipinski definition) is 5. The number of halogens is 1. The lowest BCUT2D eigenvalue weighted by Crippen LogP contribution is -2.44. The number of nitrogens with one attached hydrogen (secondary N) is 2. The number of methoxy groups -OCH3 is 2. The Bertz CT molecular complexity index is 549. The molecule has 1 aromatic rings. The van der Waals surface area contributed by atoms with E-state index >= 15 is 0 Å². The van der Waals surface area contributed by atoms with Gasteiger partial charge in [-0.15, -0.1) is 24.0 Å². The molecule has 3 N–H and O–H groups in total. The smallest absolute Gasteiger partial charge is 0.191 e. The van der Waals surface area contributed by atoms with Gasteiger partial charge in [0.2, 0.25) is 0 Å². The lowest BCUT2D eigenvalue weighted by Gasteiger charge is -2.19. The van der Waals surface area contributed by atoms with Crippen molar-refractivity contribution in [3.05, 3.63) is 23.8 Å². The topological polar surface area (TPSA) is 78.4 Å². The highest BCUT2D eigenvalue weighted by Gasteiger charge is 2.23. The first-order valence-corrected chi connectivity index (χ1v) is 8.78. The molecule has 1 aliphatic rings. The number of aliphatic hydroxyl groups is 1. The molecular formula is C18H31IN4O3. The van der Waals surface area contributed by atoms with Crippen LogP contribution in [0.1, 0.15) is 18.9 Å². The zero-order chi connectivity index (χ0) is 18.1. The maximum Gasteiger partial charge on any atom is 0.191 e. The summed E-state index contributed by atoms with van der Waals surface area (Å²) >= 11 is 0. The van der Waals surface area contributed by atoms with E-state index in [-0.39, 0.29) is 30.6 Å². The second kappa shape index (κ2) is 12.2. The fourth-order valence-corrected chi connectivity index (χ4v) is 2.99. The van der Waals surface area contributed by atoms with Crippen molar-refractivity contribution in [1.82, 2.24) is 15.5 Å². The van der Waals surface area contributed by atoms with Crippen LogP contribution >= 0.6 is 24.0 Å². The number of benzene rings is 1. The van der Waals surface area contributed by atoms with Gasteiger partial charge in [0, 0.05) is 38.3 Å². The minimum Gasteiger partial charge on any atom is -0.497 e. The van der Waals surface area contributed by atoms with Crippen molar-refractivity contribution in [1.29, 1.82) is 0 Å². The fraction of sp³-hybridized carbons (Fsp3) is 0.611. The van der Waals surface area contributed by atoms with Gasteiger partial charge in [-0.25, -0.2) is 0 Å². The Labute approximate surface area is 173 Å². The molecule has 1 aliphatic heterocycles. The van der Waals surface area contributed by atoms with E-state index < -0.39 is 0 Å². The van der Waals surface area contributed by atoms with Gasteiger partial charge >= 0.3 is 0 Å². The highest BCUT2D eigenvalue weighted by molar-refractivity contribution is 14.0. The minimum absolute atomic E-state index is 0. The monoisotopic (exact) mass is 478 g/mol. The van der Waals surface area contributed by atoms with Crippen molar-refractivity contribution in [3.8, 4) is 11.5 Å². The van der Waals surface area contributed by atoms with E-state index in [1.54, 1.807) is 14.2 Å². The molecule has 0 aliphatic carbocycles. The first kappa shape index (κ1) is 22.8. The van der Waals surface area contributed by atoms with E-state index in [1.165, 1.54) is 5.56 Å². The van der Waals surface area contributed by atoms with E-state index in [0.717, 1.165) is 50.1 Å². The van der Waals surface area contributed by atoms with Crippen molar-refractivity contribution < 1.29 is 14.6 Å². The molecule has 26 heavy (non-hydrogen) atoms. The molecule has 1 saturated heterocycles. The third kappa shape index (κ3) is 7.16. The Hall–Kier alpha value is -1.26. The molecule has 1 fully saturated rings. The molecule has 8 heteroatoms. The number of aliphatic hydroxyl groups excluding tert-OH is 1. The number of likely N-dealkylation sites (tertiary alicyclic amines) is 1. The molecule has 0 bridgehead atoms. The van der Waals surface area contributed by atoms with Crippen molar-refractivity contribution in [3.63, 3.8) is 0 Å². The summed E-state index contributed by atoms with van der Waals surface area (Å²) < 4.78 is 10.7. The normalized spacial score (nSPS) is 17.5. The second-order valence-corrected chi connectivity index (χ2v) is 6.07. The molecule has 148 valence electrons. The molecular weight excluding hydrogens is 447 g/mol. The maximum atomic E-state index is 8.94. The van der Waals surface area contributed by atoms with E-state index in [9.17, 15) is 0 Å². The average molecular weight is 478 g/mol. The number of guanidine groups is 1. The standard InChI is InChI=1S/C18H30N4O3.HI/c1-4-19-18(20-6-8-23)21-15-5-7-22(13-15)12-14-9-16(24-2)11-17(10-14)25-3;/h9-11,15,23H,4-8,12-13H2,1-3H3,(H2,19,20,21);1H. The summed E-state index contributed by atoms with van der Waals surface area (Å²) in [5.74, 6) is 2.40. The molecule has 1 unspecified atom stereocenters. The third-order valence-corrected chi connectivity index (χ3v) is 4.14. The van der Waals surface area contributed by atoms with Crippen molar-refractivity contribution in [2.24, 2.45) is 4.99 Å². The quantitative estimate of drug-likeness (QED) is 0.298. The number of ether oxygens (including phenoxy) is 2. The summed E-state index contributed by atoms with van der Waals surface area (Å²) in [5.41, 5.74) is 1.18. The van der Waals surface area contributed by atoms with Crippen LogP contribution in [0.2, 0.25) is 0 Å². The zero-order valence-corrected chi connectivity index (χ0v) is 18.2. The summed E-state index contributed by atoms with van der Waals surface area (Å²) in [5, 5.41) is 15.6. The summed E-state index contributed by atoms with van der Waals surface area (Å²) in [6.07, 6.45) is 1.06. The van der Waals surface area contributed by atoms with Crippen LogP contribution in [0, 0.1) is 0 Å². The highest BCUT2D eigenvalue weighted by Crippen LogP contribution is 2.24. The zero-order valence-electron chi connectivity index (χ0n) is 15.8. The largest absolute Gasteiger partial charge is 0.497 e. The maximum absolute atomic E-state index is 8.94. The predicted molar refractivity (Wildman–Crippen MR) is 115 cm³/mol. The fourth-order valence-electron chi connectivity index (χ4n) is 2.99. The third-order valence-electron chi connectivity index (χ3n) is 4.14. The molecule has 0 spiro atoms. The van der Waals surface area contributed by atoms with Gasteiger partial charge in [-0.1, -0.05) is 0 Å². The van der Waals surface area contributed by atoms with Crippen molar-refractivity contribution in [2.75, 3.05) is 47.0 Å². The molecule has 0 amide bonds. The Kier molecular flexibility index (Phi) is 10.7. The van der Waals surface area contributed by atoms with Gasteiger partial charge < -0.3 is 25.2 Å². The molecule has 1 heterocycles. The van der Waals surface area contributed by atoms with Crippen LogP contribution in [0.25, 0.3) is 0 Å². The molecule has 0 radical (unpaired) electrons. The average Bonchev–Trinajstić information content (AvgIpc) is 3.06. The number of rotatable bonds is 8. The van der Waals surface area contributed by atoms with Crippen LogP contribution in [-0.4, -0.2) is 69.0 Å².